The van der Waals surface area contributed by atoms with Crippen molar-refractivity contribution in [3.05, 3.63) is 51.5 Å². The topological polar surface area (TPSA) is 26.3 Å². The molecule has 0 aromatic heterocycles. The molecule has 0 unspecified atom stereocenters. The van der Waals surface area contributed by atoms with Crippen molar-refractivity contribution in [1.29, 1.82) is 0 Å². The van der Waals surface area contributed by atoms with Gasteiger partial charge in [-0.2, -0.15) is 0 Å². The highest BCUT2D eigenvalue weighted by Gasteiger charge is 2.12. The minimum atomic E-state index is 0.459. The summed E-state index contributed by atoms with van der Waals surface area (Å²) >= 11 is 12.4. The van der Waals surface area contributed by atoms with Gasteiger partial charge in [0.2, 0.25) is 0 Å². The van der Waals surface area contributed by atoms with Crippen LogP contribution in [-0.4, -0.2) is 13.4 Å². The summed E-state index contributed by atoms with van der Waals surface area (Å²) in [6.07, 6.45) is 0.809. The Labute approximate surface area is 121 Å². The first kappa shape index (κ1) is 13.9. The maximum absolute atomic E-state index is 11.1. The molecule has 2 aromatic carbocycles. The Balaban J connectivity index is 2.68. The van der Waals surface area contributed by atoms with Crippen LogP contribution in [0.1, 0.15) is 15.9 Å². The lowest BCUT2D eigenvalue weighted by atomic mass is 9.98. The molecule has 0 aliphatic carbocycles. The summed E-state index contributed by atoms with van der Waals surface area (Å²) < 4.78 is 5.11. The fourth-order valence-electron chi connectivity index (χ4n) is 1.90. The Bertz CT molecular complexity index is 636. The minimum Gasteiger partial charge on any atom is -0.495 e. The highest BCUT2D eigenvalue weighted by Crippen LogP contribution is 2.37. The molecule has 0 heterocycles. The Morgan fingerprint density at radius 3 is 2.42 bits per heavy atom. The average molecular weight is 295 g/mol. The van der Waals surface area contributed by atoms with Crippen molar-refractivity contribution in [2.24, 2.45) is 0 Å². The van der Waals surface area contributed by atoms with E-state index in [4.69, 9.17) is 27.9 Å². The summed E-state index contributed by atoms with van der Waals surface area (Å²) in [6.45, 7) is 1.96. The van der Waals surface area contributed by atoms with E-state index in [0.717, 1.165) is 23.0 Å². The van der Waals surface area contributed by atoms with Gasteiger partial charge in [-0.3, -0.25) is 4.79 Å². The molecule has 0 saturated heterocycles. The molecule has 0 atom stereocenters. The van der Waals surface area contributed by atoms with E-state index >= 15 is 0 Å². The Hall–Kier alpha value is -1.51. The summed E-state index contributed by atoms with van der Waals surface area (Å²) in [4.78, 5) is 11.1. The quantitative estimate of drug-likeness (QED) is 0.761. The first-order valence-corrected chi connectivity index (χ1v) is 6.41. The molecule has 4 heteroatoms. The molecule has 0 N–H and O–H groups in total. The van der Waals surface area contributed by atoms with Crippen LogP contribution in [0.15, 0.2) is 30.3 Å². The van der Waals surface area contributed by atoms with E-state index in [1.165, 1.54) is 7.11 Å². The number of hydrogen-bond acceptors (Lipinski definition) is 2. The lowest BCUT2D eigenvalue weighted by Crippen LogP contribution is -1.91. The van der Waals surface area contributed by atoms with Gasteiger partial charge >= 0.3 is 0 Å². The lowest BCUT2D eigenvalue weighted by molar-refractivity contribution is 0.112. The second kappa shape index (κ2) is 5.64. The second-order valence-corrected chi connectivity index (χ2v) is 4.99. The molecular weight excluding hydrogens is 283 g/mol. The van der Waals surface area contributed by atoms with E-state index in [-0.39, 0.29) is 0 Å². The number of hydrogen-bond donors (Lipinski definition) is 0. The van der Waals surface area contributed by atoms with Crippen molar-refractivity contribution in [1.82, 2.24) is 0 Å². The summed E-state index contributed by atoms with van der Waals surface area (Å²) in [5.74, 6) is 0.510. The van der Waals surface area contributed by atoms with Gasteiger partial charge in [-0.15, -0.1) is 0 Å². The molecule has 0 radical (unpaired) electrons. The van der Waals surface area contributed by atoms with Gasteiger partial charge in [0.15, 0.2) is 6.29 Å². The van der Waals surface area contributed by atoms with E-state index in [1.54, 1.807) is 18.2 Å². The van der Waals surface area contributed by atoms with Gasteiger partial charge in [0, 0.05) is 17.2 Å². The van der Waals surface area contributed by atoms with E-state index in [9.17, 15) is 4.79 Å². The van der Waals surface area contributed by atoms with Crippen LogP contribution >= 0.6 is 23.2 Å². The molecule has 2 aromatic rings. The number of halogens is 2. The van der Waals surface area contributed by atoms with Crippen molar-refractivity contribution in [3.63, 3.8) is 0 Å². The van der Waals surface area contributed by atoms with E-state index in [2.05, 4.69) is 0 Å². The number of ether oxygens (including phenoxy) is 1. The molecule has 0 bridgehead atoms. The fraction of sp³-hybridized carbons (Fsp3) is 0.133. The number of rotatable bonds is 3. The maximum atomic E-state index is 11.1. The molecule has 0 aliphatic rings. The molecule has 0 amide bonds. The Kier molecular flexibility index (Phi) is 4.13. The third-order valence-electron chi connectivity index (χ3n) is 2.87. The van der Waals surface area contributed by atoms with E-state index in [0.29, 0.717) is 21.4 Å². The number of aryl methyl sites for hydroxylation is 1. The van der Waals surface area contributed by atoms with Gasteiger partial charge in [0.1, 0.15) is 5.75 Å². The number of methoxy groups -OCH3 is 1. The predicted octanol–water partition coefficient (Wildman–Crippen LogP) is 4.79. The normalized spacial score (nSPS) is 10.3. The molecule has 2 nitrogen and oxygen atoms in total. The first-order chi connectivity index (χ1) is 9.06. The molecule has 0 fully saturated rings. The van der Waals surface area contributed by atoms with Gasteiger partial charge in [-0.05, 0) is 18.6 Å². The highest BCUT2D eigenvalue weighted by molar-refractivity contribution is 6.36. The van der Waals surface area contributed by atoms with Crippen LogP contribution < -0.4 is 4.74 Å². The molecule has 0 saturated carbocycles. The van der Waals surface area contributed by atoms with Gasteiger partial charge in [0.05, 0.1) is 17.2 Å². The number of aldehydes is 1. The third kappa shape index (κ3) is 2.75. The Morgan fingerprint density at radius 1 is 1.05 bits per heavy atom. The van der Waals surface area contributed by atoms with Crippen LogP contribution in [0.4, 0.5) is 0 Å². The zero-order valence-corrected chi connectivity index (χ0v) is 12.0. The first-order valence-electron chi connectivity index (χ1n) is 5.66. The van der Waals surface area contributed by atoms with Crippen LogP contribution in [0, 0.1) is 6.92 Å². The van der Waals surface area contributed by atoms with Crippen LogP contribution in [0.3, 0.4) is 0 Å². The van der Waals surface area contributed by atoms with Crippen molar-refractivity contribution in [2.75, 3.05) is 7.11 Å². The second-order valence-electron chi connectivity index (χ2n) is 4.18. The van der Waals surface area contributed by atoms with Crippen LogP contribution in [0.2, 0.25) is 10.0 Å². The minimum absolute atomic E-state index is 0.459. The summed E-state index contributed by atoms with van der Waals surface area (Å²) in [5.41, 5.74) is 3.11. The third-order valence-corrected chi connectivity index (χ3v) is 3.48. The summed E-state index contributed by atoms with van der Waals surface area (Å²) in [7, 11) is 1.53. The van der Waals surface area contributed by atoms with Crippen molar-refractivity contribution in [3.8, 4) is 16.9 Å². The van der Waals surface area contributed by atoms with Gasteiger partial charge in [-0.1, -0.05) is 47.0 Å². The van der Waals surface area contributed by atoms with Crippen LogP contribution in [-0.2, 0) is 0 Å². The van der Waals surface area contributed by atoms with E-state index in [1.807, 2.05) is 19.1 Å². The summed E-state index contributed by atoms with van der Waals surface area (Å²) in [5, 5.41) is 0.954. The fourth-order valence-corrected chi connectivity index (χ4v) is 2.39. The van der Waals surface area contributed by atoms with Gasteiger partial charge in [0.25, 0.3) is 0 Å². The average Bonchev–Trinajstić information content (AvgIpc) is 2.40. The highest BCUT2D eigenvalue weighted by atomic mass is 35.5. The Morgan fingerprint density at radius 2 is 1.79 bits per heavy atom. The van der Waals surface area contributed by atoms with Crippen LogP contribution in [0.5, 0.6) is 5.75 Å². The van der Waals surface area contributed by atoms with Gasteiger partial charge in [-0.25, -0.2) is 0 Å². The zero-order chi connectivity index (χ0) is 14.0. The predicted molar refractivity (Wildman–Crippen MR) is 78.6 cm³/mol. The monoisotopic (exact) mass is 294 g/mol. The maximum Gasteiger partial charge on any atom is 0.150 e. The van der Waals surface area contributed by atoms with Gasteiger partial charge < -0.3 is 4.74 Å². The SMILES string of the molecule is COc1cc(Cl)c(-c2cc(C)ccc2C=O)cc1Cl. The largest absolute Gasteiger partial charge is 0.495 e. The molecular formula is C15H12Cl2O2. The lowest BCUT2D eigenvalue weighted by Gasteiger charge is -2.11. The smallest absolute Gasteiger partial charge is 0.150 e. The number of carbonyl (C=O) groups is 1. The van der Waals surface area contributed by atoms with Crippen molar-refractivity contribution < 1.29 is 9.53 Å². The van der Waals surface area contributed by atoms with Crippen molar-refractivity contribution in [2.45, 2.75) is 6.92 Å². The van der Waals surface area contributed by atoms with E-state index < -0.39 is 0 Å². The zero-order valence-electron chi connectivity index (χ0n) is 10.5. The molecule has 2 rings (SSSR count). The number of carbonyl (C=O) groups excluding carboxylic acids is 1. The molecule has 0 aliphatic heterocycles. The van der Waals surface area contributed by atoms with Crippen molar-refractivity contribution >= 4 is 29.5 Å². The summed E-state index contributed by atoms with van der Waals surface area (Å²) in [6, 6.07) is 8.92. The van der Waals surface area contributed by atoms with Crippen LogP contribution in [0.25, 0.3) is 11.1 Å². The number of benzene rings is 2. The molecule has 0 spiro atoms. The molecule has 19 heavy (non-hydrogen) atoms. The molecule has 98 valence electrons. The standard InChI is InChI=1S/C15H12Cl2O2/c1-9-3-4-10(8-18)11(5-9)12-6-14(17)15(19-2)7-13(12)16/h3-8H,1-2H3.